The third-order valence-corrected chi connectivity index (χ3v) is 7.89. The predicted molar refractivity (Wildman–Crippen MR) is 131 cm³/mol. The summed E-state index contributed by atoms with van der Waals surface area (Å²) in [5.74, 6) is -0.985. The van der Waals surface area contributed by atoms with Gasteiger partial charge in [0.25, 0.3) is 0 Å². The molecule has 0 radical (unpaired) electrons. The zero-order valence-electron chi connectivity index (χ0n) is 19.7. The molecule has 3 aliphatic rings. The molecular weight excluding hydrogens is 444 g/mol. The number of alkyl carbamates (subject to hydrolysis) is 1. The Morgan fingerprint density at radius 1 is 0.886 bits per heavy atom. The SMILES string of the molecule is O=C(O)C[C@@H]1CCC[C@H]1NC(=O)C1CCC(NC(=O)OCC2c3ccccc3-c3ccccc32)C1. The largest absolute Gasteiger partial charge is 0.481 e. The lowest BCUT2D eigenvalue weighted by atomic mass is 9.98. The van der Waals surface area contributed by atoms with E-state index in [1.54, 1.807) is 0 Å². The van der Waals surface area contributed by atoms with Crippen LogP contribution < -0.4 is 10.6 Å². The van der Waals surface area contributed by atoms with Gasteiger partial charge in [-0.2, -0.15) is 0 Å². The lowest BCUT2D eigenvalue weighted by Gasteiger charge is -2.22. The third-order valence-electron chi connectivity index (χ3n) is 7.89. The van der Waals surface area contributed by atoms with E-state index in [9.17, 15) is 14.4 Å². The van der Waals surface area contributed by atoms with E-state index < -0.39 is 12.1 Å². The van der Waals surface area contributed by atoms with E-state index in [0.717, 1.165) is 25.7 Å². The molecule has 0 spiro atoms. The number of benzene rings is 2. The summed E-state index contributed by atoms with van der Waals surface area (Å²) in [4.78, 5) is 36.5. The Bertz CT molecular complexity index is 1070. The molecule has 0 heterocycles. The van der Waals surface area contributed by atoms with Gasteiger partial charge in [-0.15, -0.1) is 0 Å². The van der Waals surface area contributed by atoms with Crippen LogP contribution in [0.5, 0.6) is 0 Å². The summed E-state index contributed by atoms with van der Waals surface area (Å²) in [5, 5.41) is 15.1. The molecule has 2 fully saturated rings. The summed E-state index contributed by atoms with van der Waals surface area (Å²) in [6, 6.07) is 16.3. The first-order chi connectivity index (χ1) is 17.0. The van der Waals surface area contributed by atoms with Gasteiger partial charge in [-0.25, -0.2) is 4.79 Å². The Labute approximate surface area is 205 Å². The Morgan fingerprint density at radius 2 is 1.57 bits per heavy atom. The van der Waals surface area contributed by atoms with Gasteiger partial charge in [-0.05, 0) is 60.3 Å². The van der Waals surface area contributed by atoms with Crippen molar-refractivity contribution in [3.8, 4) is 11.1 Å². The number of fused-ring (bicyclic) bond motifs is 3. The van der Waals surface area contributed by atoms with Crippen molar-refractivity contribution in [2.24, 2.45) is 11.8 Å². The highest BCUT2D eigenvalue weighted by Gasteiger charge is 2.36. The van der Waals surface area contributed by atoms with E-state index >= 15 is 0 Å². The number of carboxylic acids is 1. The first kappa shape index (κ1) is 23.4. The van der Waals surface area contributed by atoms with Crippen LogP contribution in [0.25, 0.3) is 11.1 Å². The molecule has 4 atom stereocenters. The molecule has 5 rings (SSSR count). The minimum Gasteiger partial charge on any atom is -0.481 e. The summed E-state index contributed by atoms with van der Waals surface area (Å²) in [7, 11) is 0. The van der Waals surface area contributed by atoms with Crippen LogP contribution in [0.3, 0.4) is 0 Å². The number of nitrogens with one attached hydrogen (secondary N) is 2. The molecule has 3 aliphatic carbocycles. The molecule has 35 heavy (non-hydrogen) atoms. The van der Waals surface area contributed by atoms with Gasteiger partial charge in [0.2, 0.25) is 5.91 Å². The molecule has 2 unspecified atom stereocenters. The summed E-state index contributed by atoms with van der Waals surface area (Å²) >= 11 is 0. The van der Waals surface area contributed by atoms with Gasteiger partial charge in [-0.3, -0.25) is 9.59 Å². The quantitative estimate of drug-likeness (QED) is 0.548. The Kier molecular flexibility index (Phi) is 6.75. The first-order valence-electron chi connectivity index (χ1n) is 12.6. The molecule has 0 aliphatic heterocycles. The van der Waals surface area contributed by atoms with Gasteiger partial charge in [0.15, 0.2) is 0 Å². The van der Waals surface area contributed by atoms with Crippen molar-refractivity contribution in [1.82, 2.24) is 10.6 Å². The van der Waals surface area contributed by atoms with E-state index in [2.05, 4.69) is 34.9 Å². The number of aliphatic carboxylic acids is 1. The van der Waals surface area contributed by atoms with E-state index in [1.807, 2.05) is 24.3 Å². The second kappa shape index (κ2) is 10.1. The first-order valence-corrected chi connectivity index (χ1v) is 12.6. The maximum atomic E-state index is 12.8. The summed E-state index contributed by atoms with van der Waals surface area (Å²) in [6.45, 7) is 0.267. The number of carbonyl (C=O) groups is 3. The second-order valence-electron chi connectivity index (χ2n) is 10.1. The van der Waals surface area contributed by atoms with Gasteiger partial charge in [0, 0.05) is 23.9 Å². The molecular formula is C28H32N2O5. The average molecular weight is 477 g/mol. The van der Waals surface area contributed by atoms with Crippen LogP contribution in [-0.2, 0) is 14.3 Å². The molecule has 2 saturated carbocycles. The summed E-state index contributed by atoms with van der Waals surface area (Å²) in [5.41, 5.74) is 4.73. The number of hydrogen-bond acceptors (Lipinski definition) is 4. The van der Waals surface area contributed by atoms with Crippen molar-refractivity contribution in [2.75, 3.05) is 6.61 Å². The fourth-order valence-corrected chi connectivity index (χ4v) is 6.15. The topological polar surface area (TPSA) is 105 Å². The van der Waals surface area contributed by atoms with Gasteiger partial charge in [0.1, 0.15) is 6.61 Å². The van der Waals surface area contributed by atoms with E-state index in [1.165, 1.54) is 22.3 Å². The molecule has 0 saturated heterocycles. The van der Waals surface area contributed by atoms with Crippen molar-refractivity contribution in [3.63, 3.8) is 0 Å². The average Bonchev–Trinajstić information content (AvgIpc) is 3.56. The molecule has 2 aromatic rings. The van der Waals surface area contributed by atoms with Crippen LogP contribution in [0.15, 0.2) is 48.5 Å². The van der Waals surface area contributed by atoms with E-state index in [4.69, 9.17) is 9.84 Å². The standard InChI is InChI=1S/C28H32N2O5/c31-26(32)15-17-6-5-11-25(17)30-27(33)18-12-13-19(14-18)29-28(34)35-16-24-22-9-3-1-7-20(22)21-8-2-4-10-23(21)24/h1-4,7-10,17-19,24-25H,5-6,11-16H2,(H,29,34)(H,30,33)(H,31,32)/t17-,18?,19?,25+/m0/s1. The van der Waals surface area contributed by atoms with Crippen LogP contribution in [0.2, 0.25) is 0 Å². The van der Waals surface area contributed by atoms with Crippen LogP contribution in [0.4, 0.5) is 4.79 Å². The predicted octanol–water partition coefficient (Wildman–Crippen LogP) is 4.45. The number of amides is 2. The van der Waals surface area contributed by atoms with E-state index in [-0.39, 0.29) is 48.8 Å². The van der Waals surface area contributed by atoms with Crippen LogP contribution >= 0.6 is 0 Å². The minimum absolute atomic E-state index is 0.00704. The van der Waals surface area contributed by atoms with Gasteiger partial charge in [-0.1, -0.05) is 55.0 Å². The van der Waals surface area contributed by atoms with Crippen molar-refractivity contribution in [3.05, 3.63) is 59.7 Å². The van der Waals surface area contributed by atoms with Crippen LogP contribution in [0.1, 0.15) is 62.0 Å². The smallest absolute Gasteiger partial charge is 0.407 e. The van der Waals surface area contributed by atoms with Gasteiger partial charge >= 0.3 is 12.1 Å². The fourth-order valence-electron chi connectivity index (χ4n) is 6.15. The van der Waals surface area contributed by atoms with Crippen molar-refractivity contribution in [1.29, 1.82) is 0 Å². The monoisotopic (exact) mass is 476 g/mol. The lowest BCUT2D eigenvalue weighted by Crippen LogP contribution is -2.41. The molecule has 2 amide bonds. The number of carboxylic acid groups (broad SMARTS) is 1. The molecule has 3 N–H and O–H groups in total. The zero-order valence-corrected chi connectivity index (χ0v) is 19.7. The molecule has 7 nitrogen and oxygen atoms in total. The van der Waals surface area contributed by atoms with Crippen molar-refractivity contribution in [2.45, 2.75) is 62.9 Å². The maximum absolute atomic E-state index is 12.8. The van der Waals surface area contributed by atoms with Crippen molar-refractivity contribution >= 4 is 18.0 Å². The number of carbonyl (C=O) groups excluding carboxylic acids is 2. The lowest BCUT2D eigenvalue weighted by molar-refractivity contribution is -0.138. The Morgan fingerprint density at radius 3 is 2.26 bits per heavy atom. The van der Waals surface area contributed by atoms with Crippen molar-refractivity contribution < 1.29 is 24.2 Å². The zero-order chi connectivity index (χ0) is 24.4. The Hall–Kier alpha value is -3.35. The normalized spacial score (nSPS) is 25.0. The maximum Gasteiger partial charge on any atom is 0.407 e. The molecule has 184 valence electrons. The van der Waals surface area contributed by atoms with Gasteiger partial charge < -0.3 is 20.5 Å². The highest BCUT2D eigenvalue weighted by atomic mass is 16.5. The molecule has 0 aromatic heterocycles. The molecule has 7 heteroatoms. The molecule has 0 bridgehead atoms. The summed E-state index contributed by atoms with van der Waals surface area (Å²) < 4.78 is 5.65. The highest BCUT2D eigenvalue weighted by molar-refractivity contribution is 5.80. The Balaban J connectivity index is 1.11. The fraction of sp³-hybridized carbons (Fsp3) is 0.464. The van der Waals surface area contributed by atoms with Crippen LogP contribution in [0, 0.1) is 11.8 Å². The van der Waals surface area contributed by atoms with E-state index in [0.29, 0.717) is 12.8 Å². The second-order valence-corrected chi connectivity index (χ2v) is 10.1. The van der Waals surface area contributed by atoms with Gasteiger partial charge in [0.05, 0.1) is 6.42 Å². The number of rotatable bonds is 7. The number of ether oxygens (including phenoxy) is 1. The highest BCUT2D eigenvalue weighted by Crippen LogP contribution is 2.44. The summed E-state index contributed by atoms with van der Waals surface area (Å²) in [6.07, 6.45) is 4.27. The minimum atomic E-state index is -0.815. The number of hydrogen-bond donors (Lipinski definition) is 3. The molecule has 2 aromatic carbocycles. The third kappa shape index (κ3) is 5.04. The van der Waals surface area contributed by atoms with Crippen LogP contribution in [-0.4, -0.2) is 41.8 Å².